The van der Waals surface area contributed by atoms with Crippen LogP contribution in [0.4, 0.5) is 0 Å². The second-order valence-electron chi connectivity index (χ2n) is 7.84. The van der Waals surface area contributed by atoms with Crippen molar-refractivity contribution in [2.45, 2.75) is 25.8 Å². The predicted molar refractivity (Wildman–Crippen MR) is 120 cm³/mol. The van der Waals surface area contributed by atoms with Gasteiger partial charge in [-0.2, -0.15) is 0 Å². The number of nitrogens with one attached hydrogen (secondary N) is 1. The number of hydrogen-bond acceptors (Lipinski definition) is 5. The van der Waals surface area contributed by atoms with Crippen LogP contribution in [-0.4, -0.2) is 63.6 Å². The van der Waals surface area contributed by atoms with E-state index in [0.717, 1.165) is 51.5 Å². The molecule has 1 aromatic rings. The van der Waals surface area contributed by atoms with E-state index in [0.29, 0.717) is 24.6 Å². The van der Waals surface area contributed by atoms with Gasteiger partial charge in [0.1, 0.15) is 0 Å². The average molecular weight is 525 g/mol. The van der Waals surface area contributed by atoms with E-state index in [1.54, 1.807) is 11.3 Å². The van der Waals surface area contributed by atoms with Crippen molar-refractivity contribution in [3.05, 3.63) is 22.4 Å². The molecule has 4 heterocycles. The van der Waals surface area contributed by atoms with E-state index in [-0.39, 0.29) is 35.3 Å². The molecule has 1 spiro atoms. The van der Waals surface area contributed by atoms with Gasteiger partial charge in [-0.3, -0.25) is 0 Å². The van der Waals surface area contributed by atoms with Gasteiger partial charge in [0.2, 0.25) is 0 Å². The molecule has 3 aliphatic rings. The van der Waals surface area contributed by atoms with Crippen LogP contribution >= 0.6 is 35.3 Å². The zero-order chi connectivity index (χ0) is 18.0. The topological polar surface area (TPSA) is 71.0 Å². The molecule has 3 fully saturated rings. The Morgan fingerprint density at radius 3 is 3.00 bits per heavy atom. The number of hydrogen-bond donors (Lipinski definition) is 1. The Labute approximate surface area is 182 Å². The molecular weight excluding hydrogens is 497 g/mol. The summed E-state index contributed by atoms with van der Waals surface area (Å²) in [5.74, 6) is 1.74. The first kappa shape index (κ1) is 21.3. The SMILES string of the molecule is I.O=S1(=O)CCC(CNC(=NCc2cccs2)N2CCC3(CCOC3)C2)C1. The van der Waals surface area contributed by atoms with E-state index in [1.807, 2.05) is 6.07 Å². The summed E-state index contributed by atoms with van der Waals surface area (Å²) in [6.45, 7) is 5.03. The lowest BCUT2D eigenvalue weighted by atomic mass is 9.87. The molecule has 0 aromatic carbocycles. The highest BCUT2D eigenvalue weighted by Crippen LogP contribution is 2.38. The number of nitrogens with zero attached hydrogens (tertiary/aromatic N) is 2. The van der Waals surface area contributed by atoms with E-state index in [4.69, 9.17) is 9.73 Å². The molecule has 27 heavy (non-hydrogen) atoms. The number of ether oxygens (including phenoxy) is 1. The fraction of sp³-hybridized carbons (Fsp3) is 0.722. The molecule has 0 bridgehead atoms. The Bertz CT molecular complexity index is 746. The van der Waals surface area contributed by atoms with Crippen LogP contribution < -0.4 is 5.32 Å². The molecule has 2 unspecified atom stereocenters. The van der Waals surface area contributed by atoms with Gasteiger partial charge in [-0.25, -0.2) is 13.4 Å². The normalized spacial score (nSPS) is 30.0. The molecule has 9 heteroatoms. The summed E-state index contributed by atoms with van der Waals surface area (Å²) in [5, 5.41) is 5.56. The number of sulfone groups is 1. The maximum atomic E-state index is 11.7. The zero-order valence-corrected chi connectivity index (χ0v) is 19.4. The summed E-state index contributed by atoms with van der Waals surface area (Å²) < 4.78 is 29.1. The van der Waals surface area contributed by atoms with Gasteiger partial charge >= 0.3 is 0 Å². The van der Waals surface area contributed by atoms with Crippen LogP contribution in [0.3, 0.4) is 0 Å². The van der Waals surface area contributed by atoms with Gasteiger partial charge in [0.25, 0.3) is 0 Å². The number of rotatable bonds is 4. The minimum Gasteiger partial charge on any atom is -0.381 e. The second kappa shape index (κ2) is 8.96. The van der Waals surface area contributed by atoms with E-state index in [9.17, 15) is 8.42 Å². The molecule has 4 rings (SSSR count). The quantitative estimate of drug-likeness (QED) is 0.372. The first-order valence-electron chi connectivity index (χ1n) is 9.38. The molecule has 6 nitrogen and oxygen atoms in total. The van der Waals surface area contributed by atoms with Crippen LogP contribution in [0.2, 0.25) is 0 Å². The van der Waals surface area contributed by atoms with Crippen molar-refractivity contribution in [2.24, 2.45) is 16.3 Å². The van der Waals surface area contributed by atoms with Crippen LogP contribution in [0, 0.1) is 11.3 Å². The molecule has 3 aliphatic heterocycles. The summed E-state index contributed by atoms with van der Waals surface area (Å²) in [4.78, 5) is 8.43. The van der Waals surface area contributed by atoms with Gasteiger partial charge < -0.3 is 15.0 Å². The van der Waals surface area contributed by atoms with Gasteiger partial charge in [0.15, 0.2) is 15.8 Å². The number of likely N-dealkylation sites (tertiary alicyclic amines) is 1. The van der Waals surface area contributed by atoms with Crippen molar-refractivity contribution < 1.29 is 13.2 Å². The van der Waals surface area contributed by atoms with Crippen molar-refractivity contribution in [1.82, 2.24) is 10.2 Å². The maximum Gasteiger partial charge on any atom is 0.194 e. The van der Waals surface area contributed by atoms with E-state index in [2.05, 4.69) is 21.7 Å². The van der Waals surface area contributed by atoms with Crippen LogP contribution in [0.1, 0.15) is 24.1 Å². The fourth-order valence-electron chi connectivity index (χ4n) is 4.18. The molecule has 0 radical (unpaired) electrons. The fourth-order valence-corrected chi connectivity index (χ4v) is 6.67. The summed E-state index contributed by atoms with van der Waals surface area (Å²) in [7, 11) is -2.84. The van der Waals surface area contributed by atoms with Crippen molar-refractivity contribution in [3.63, 3.8) is 0 Å². The minimum atomic E-state index is -2.84. The first-order valence-corrected chi connectivity index (χ1v) is 12.1. The molecular formula is C18H28IN3O3S2. The van der Waals surface area contributed by atoms with Gasteiger partial charge in [-0.15, -0.1) is 35.3 Å². The molecule has 0 aliphatic carbocycles. The van der Waals surface area contributed by atoms with Crippen LogP contribution in [0.25, 0.3) is 0 Å². The third-order valence-corrected chi connectivity index (χ3v) is 8.46. The molecule has 3 saturated heterocycles. The van der Waals surface area contributed by atoms with Gasteiger partial charge in [0, 0.05) is 36.5 Å². The highest BCUT2D eigenvalue weighted by molar-refractivity contribution is 14.0. The first-order chi connectivity index (χ1) is 12.5. The highest BCUT2D eigenvalue weighted by atomic mass is 127. The summed E-state index contributed by atoms with van der Waals surface area (Å²) >= 11 is 1.72. The Balaban J connectivity index is 0.00000210. The van der Waals surface area contributed by atoms with Crippen molar-refractivity contribution >= 4 is 51.1 Å². The van der Waals surface area contributed by atoms with Crippen molar-refractivity contribution in [2.75, 3.05) is 44.4 Å². The largest absolute Gasteiger partial charge is 0.381 e. The minimum absolute atomic E-state index is 0. The molecule has 1 N–H and O–H groups in total. The second-order valence-corrected chi connectivity index (χ2v) is 11.1. The van der Waals surface area contributed by atoms with Crippen molar-refractivity contribution in [3.8, 4) is 0 Å². The van der Waals surface area contributed by atoms with Crippen LogP contribution in [-0.2, 0) is 21.1 Å². The summed E-state index contributed by atoms with van der Waals surface area (Å²) in [5.41, 5.74) is 0.280. The monoisotopic (exact) mass is 525 g/mol. The Hall–Kier alpha value is -0.390. The standard InChI is InChI=1S/C18H27N3O3S2.HI/c22-26(23)9-3-15(12-26)10-19-17(20-11-16-2-1-8-25-16)21-6-4-18(13-21)5-7-24-14-18;/h1-2,8,15H,3-7,9-14H2,(H,19,20);1H. The van der Waals surface area contributed by atoms with E-state index >= 15 is 0 Å². The van der Waals surface area contributed by atoms with Gasteiger partial charge in [-0.1, -0.05) is 6.07 Å². The van der Waals surface area contributed by atoms with Crippen LogP contribution in [0.5, 0.6) is 0 Å². The van der Waals surface area contributed by atoms with E-state index in [1.165, 1.54) is 4.88 Å². The average Bonchev–Trinajstić information content (AvgIpc) is 3.38. The Morgan fingerprint density at radius 1 is 1.44 bits per heavy atom. The lowest BCUT2D eigenvalue weighted by Crippen LogP contribution is -2.43. The number of thiophene rings is 1. The molecule has 152 valence electrons. The number of aliphatic imine (C=N–C) groups is 1. The summed E-state index contributed by atoms with van der Waals surface area (Å²) in [6.07, 6.45) is 3.03. The molecule has 1 aromatic heterocycles. The predicted octanol–water partition coefficient (Wildman–Crippen LogP) is 2.36. The van der Waals surface area contributed by atoms with E-state index < -0.39 is 9.84 Å². The smallest absolute Gasteiger partial charge is 0.194 e. The highest BCUT2D eigenvalue weighted by Gasteiger charge is 2.42. The molecule has 0 amide bonds. The van der Waals surface area contributed by atoms with Crippen LogP contribution in [0.15, 0.2) is 22.5 Å². The molecule has 2 atom stereocenters. The zero-order valence-electron chi connectivity index (χ0n) is 15.4. The lowest BCUT2D eigenvalue weighted by molar-refractivity contribution is 0.156. The Kier molecular flexibility index (Phi) is 7.07. The molecule has 0 saturated carbocycles. The van der Waals surface area contributed by atoms with Crippen molar-refractivity contribution in [1.29, 1.82) is 0 Å². The van der Waals surface area contributed by atoms with Gasteiger partial charge in [0.05, 0.1) is 24.7 Å². The van der Waals surface area contributed by atoms with Gasteiger partial charge in [-0.05, 0) is 36.6 Å². The Morgan fingerprint density at radius 2 is 2.33 bits per heavy atom. The lowest BCUT2D eigenvalue weighted by Gasteiger charge is -2.26. The summed E-state index contributed by atoms with van der Waals surface area (Å²) in [6, 6.07) is 4.15. The maximum absolute atomic E-state index is 11.7. The number of halogens is 1. The third kappa shape index (κ3) is 5.36. The number of guanidine groups is 1. The third-order valence-electron chi connectivity index (χ3n) is 5.76.